The molecule has 0 bridgehead atoms. The van der Waals surface area contributed by atoms with Gasteiger partial charge in [0, 0.05) is 18.0 Å². The Balaban J connectivity index is 1.61. The van der Waals surface area contributed by atoms with Crippen molar-refractivity contribution in [1.29, 1.82) is 0 Å². The number of likely N-dealkylation sites (tertiary alicyclic amines) is 1. The van der Waals surface area contributed by atoms with Gasteiger partial charge in [-0.05, 0) is 51.8 Å². The first-order valence-electron chi connectivity index (χ1n) is 11.4. The minimum atomic E-state index is -0.689. The first kappa shape index (κ1) is 26.0. The summed E-state index contributed by atoms with van der Waals surface area (Å²) < 4.78 is 32.0. The summed E-state index contributed by atoms with van der Waals surface area (Å²) in [6.07, 6.45) is 2.24. The van der Waals surface area contributed by atoms with Crippen LogP contribution in [0.25, 0.3) is 10.9 Å². The Morgan fingerprint density at radius 2 is 1.97 bits per heavy atom. The zero-order chi connectivity index (χ0) is 26.0. The molecule has 8 nitrogen and oxygen atoms in total. The topological polar surface area (TPSA) is 85.8 Å². The normalized spacial score (nSPS) is 16.1. The maximum absolute atomic E-state index is 14.7. The number of carbonyl (C=O) groups is 1. The minimum absolute atomic E-state index is 0.112. The fraction of sp³-hybridized carbons (Fsp3) is 0.400. The molecule has 2 heterocycles. The van der Waals surface area contributed by atoms with E-state index in [-0.39, 0.29) is 27.9 Å². The van der Waals surface area contributed by atoms with Crippen molar-refractivity contribution in [1.82, 2.24) is 14.9 Å². The van der Waals surface area contributed by atoms with Gasteiger partial charge in [-0.1, -0.05) is 23.2 Å². The zero-order valence-electron chi connectivity index (χ0n) is 20.4. The number of benzene rings is 2. The summed E-state index contributed by atoms with van der Waals surface area (Å²) >= 11 is 11.9. The van der Waals surface area contributed by atoms with Crippen LogP contribution in [0.4, 0.5) is 20.7 Å². The smallest absolute Gasteiger partial charge is 0.410 e. The second-order valence-corrected chi connectivity index (χ2v) is 10.2. The molecular formula is C25H27Cl2FN4O4. The summed E-state index contributed by atoms with van der Waals surface area (Å²) in [5.74, 6) is 0.588. The van der Waals surface area contributed by atoms with Crippen molar-refractivity contribution in [3.63, 3.8) is 0 Å². The van der Waals surface area contributed by atoms with Gasteiger partial charge in [0.1, 0.15) is 23.9 Å². The Labute approximate surface area is 218 Å². The molecule has 36 heavy (non-hydrogen) atoms. The Bertz CT molecular complexity index is 1290. The van der Waals surface area contributed by atoms with E-state index in [1.165, 1.54) is 25.6 Å². The molecule has 11 heteroatoms. The molecule has 1 atom stereocenters. The number of hydrogen-bond donors (Lipinski definition) is 1. The zero-order valence-corrected chi connectivity index (χ0v) is 21.9. The number of piperidine rings is 1. The van der Waals surface area contributed by atoms with Gasteiger partial charge in [0.2, 0.25) is 0 Å². The molecule has 1 saturated heterocycles. The lowest BCUT2D eigenvalue weighted by atomic mass is 10.1. The highest BCUT2D eigenvalue weighted by Gasteiger charge is 2.29. The third-order valence-corrected chi connectivity index (χ3v) is 6.31. The molecule has 0 spiro atoms. The molecule has 4 rings (SSSR count). The highest BCUT2D eigenvalue weighted by molar-refractivity contribution is 6.42. The number of halogens is 3. The lowest BCUT2D eigenvalue weighted by molar-refractivity contribution is 0.00753. The molecule has 3 aromatic rings. The average Bonchev–Trinajstić information content (AvgIpc) is 2.83. The van der Waals surface area contributed by atoms with Gasteiger partial charge in [-0.15, -0.1) is 0 Å². The summed E-state index contributed by atoms with van der Waals surface area (Å²) in [5.41, 5.74) is 0.100. The Hall–Kier alpha value is -3.04. The van der Waals surface area contributed by atoms with Gasteiger partial charge in [0.25, 0.3) is 0 Å². The largest absolute Gasteiger partial charge is 0.493 e. The standard InChI is InChI=1S/C25H27Cl2FN4O4/c1-25(2,3)36-24(33)32-9-5-6-14(12-32)35-20-10-15-18(11-19(20)34-4)29-13-30-23(15)31-17-8-7-16(26)21(27)22(17)28/h7-8,10-11,13-14H,5-6,9,12H2,1-4H3,(H,29,30,31). The van der Waals surface area contributed by atoms with Crippen molar-refractivity contribution >= 4 is 51.7 Å². The number of amides is 1. The molecule has 192 valence electrons. The van der Waals surface area contributed by atoms with Crippen molar-refractivity contribution in [3.8, 4) is 11.5 Å². The van der Waals surface area contributed by atoms with Crippen molar-refractivity contribution < 1.29 is 23.4 Å². The van der Waals surface area contributed by atoms with Crippen LogP contribution >= 0.6 is 23.2 Å². The number of hydrogen-bond acceptors (Lipinski definition) is 7. The third-order valence-electron chi connectivity index (χ3n) is 5.53. The number of ether oxygens (including phenoxy) is 3. The maximum atomic E-state index is 14.7. The fourth-order valence-corrected chi connectivity index (χ4v) is 4.18. The van der Waals surface area contributed by atoms with E-state index >= 15 is 0 Å². The van der Waals surface area contributed by atoms with Crippen molar-refractivity contribution in [3.05, 3.63) is 46.5 Å². The molecule has 0 saturated carbocycles. The van der Waals surface area contributed by atoms with E-state index in [2.05, 4.69) is 15.3 Å². The van der Waals surface area contributed by atoms with Gasteiger partial charge in [0.05, 0.1) is 34.9 Å². The molecule has 1 aromatic heterocycles. The number of methoxy groups -OCH3 is 1. The average molecular weight is 537 g/mol. The molecule has 1 unspecified atom stereocenters. The molecule has 1 fully saturated rings. The predicted octanol–water partition coefficient (Wildman–Crippen LogP) is 6.61. The summed E-state index contributed by atoms with van der Waals surface area (Å²) in [6.45, 7) is 6.47. The second-order valence-electron chi connectivity index (χ2n) is 9.40. The highest BCUT2D eigenvalue weighted by Crippen LogP contribution is 2.37. The van der Waals surface area contributed by atoms with Crippen LogP contribution in [0.5, 0.6) is 11.5 Å². The number of fused-ring (bicyclic) bond motifs is 1. The van der Waals surface area contributed by atoms with E-state index in [1.807, 2.05) is 20.8 Å². The van der Waals surface area contributed by atoms with Crippen LogP contribution in [0.2, 0.25) is 10.0 Å². The molecule has 1 aliphatic rings. The van der Waals surface area contributed by atoms with Crippen LogP contribution in [0.3, 0.4) is 0 Å². The molecule has 0 aliphatic carbocycles. The lowest BCUT2D eigenvalue weighted by Crippen LogP contribution is -2.46. The van der Waals surface area contributed by atoms with Crippen molar-refractivity contribution in [2.75, 3.05) is 25.5 Å². The quantitative estimate of drug-likeness (QED) is 0.367. The monoisotopic (exact) mass is 536 g/mol. The maximum Gasteiger partial charge on any atom is 0.410 e. The highest BCUT2D eigenvalue weighted by atomic mass is 35.5. The summed E-state index contributed by atoms with van der Waals surface area (Å²) in [5, 5.41) is 3.47. The Morgan fingerprint density at radius 1 is 1.19 bits per heavy atom. The first-order valence-corrected chi connectivity index (χ1v) is 12.2. The van der Waals surface area contributed by atoms with Crippen LogP contribution < -0.4 is 14.8 Å². The molecule has 0 radical (unpaired) electrons. The van der Waals surface area contributed by atoms with E-state index in [4.69, 9.17) is 37.4 Å². The van der Waals surface area contributed by atoms with Crippen LogP contribution in [0.15, 0.2) is 30.6 Å². The summed E-state index contributed by atoms with van der Waals surface area (Å²) in [6, 6.07) is 6.43. The Kier molecular flexibility index (Phi) is 7.61. The number of aromatic nitrogens is 2. The predicted molar refractivity (Wildman–Crippen MR) is 137 cm³/mol. The van der Waals surface area contributed by atoms with Crippen LogP contribution in [0.1, 0.15) is 33.6 Å². The van der Waals surface area contributed by atoms with Crippen LogP contribution in [-0.4, -0.2) is 52.9 Å². The number of nitrogens with one attached hydrogen (secondary N) is 1. The second kappa shape index (κ2) is 10.5. The number of anilines is 2. The number of rotatable bonds is 5. The molecular weight excluding hydrogens is 510 g/mol. The van der Waals surface area contributed by atoms with Crippen LogP contribution in [0, 0.1) is 5.82 Å². The Morgan fingerprint density at radius 3 is 2.69 bits per heavy atom. The van der Waals surface area contributed by atoms with Gasteiger partial charge >= 0.3 is 6.09 Å². The van der Waals surface area contributed by atoms with Crippen LogP contribution in [-0.2, 0) is 4.74 Å². The van der Waals surface area contributed by atoms with Gasteiger partial charge in [-0.25, -0.2) is 19.2 Å². The first-order chi connectivity index (χ1) is 17.1. The summed E-state index contributed by atoms with van der Waals surface area (Å²) in [7, 11) is 1.54. The van der Waals surface area contributed by atoms with Gasteiger partial charge < -0.3 is 24.4 Å². The summed E-state index contributed by atoms with van der Waals surface area (Å²) in [4.78, 5) is 22.8. The molecule has 1 aliphatic heterocycles. The van der Waals surface area contributed by atoms with E-state index in [1.54, 1.807) is 17.0 Å². The van der Waals surface area contributed by atoms with E-state index in [0.29, 0.717) is 41.3 Å². The molecule has 1 N–H and O–H groups in total. The lowest BCUT2D eigenvalue weighted by Gasteiger charge is -2.34. The molecule has 1 amide bonds. The number of nitrogens with zero attached hydrogens (tertiary/aromatic N) is 3. The minimum Gasteiger partial charge on any atom is -0.493 e. The number of carbonyl (C=O) groups excluding carboxylic acids is 1. The van der Waals surface area contributed by atoms with E-state index in [9.17, 15) is 9.18 Å². The van der Waals surface area contributed by atoms with Gasteiger partial charge in [-0.2, -0.15) is 0 Å². The fourth-order valence-electron chi connectivity index (χ4n) is 3.87. The van der Waals surface area contributed by atoms with Gasteiger partial charge in [-0.3, -0.25) is 0 Å². The molecule has 2 aromatic carbocycles. The van der Waals surface area contributed by atoms with E-state index in [0.717, 1.165) is 12.8 Å². The van der Waals surface area contributed by atoms with E-state index < -0.39 is 11.4 Å². The third kappa shape index (κ3) is 5.84. The van der Waals surface area contributed by atoms with Crippen molar-refractivity contribution in [2.24, 2.45) is 0 Å². The SMILES string of the molecule is COc1cc2ncnc(Nc3ccc(Cl)c(Cl)c3F)c2cc1OC1CCCN(C(=O)OC(C)(C)C)C1. The van der Waals surface area contributed by atoms with Crippen molar-refractivity contribution in [2.45, 2.75) is 45.3 Å². The van der Waals surface area contributed by atoms with Gasteiger partial charge in [0.15, 0.2) is 17.3 Å².